The van der Waals surface area contributed by atoms with Gasteiger partial charge in [-0.15, -0.1) is 0 Å². The van der Waals surface area contributed by atoms with E-state index in [2.05, 4.69) is 10.6 Å². The molecule has 8 nitrogen and oxygen atoms in total. The number of benzene rings is 1. The average molecular weight is 374 g/mol. The molecule has 146 valence electrons. The van der Waals surface area contributed by atoms with Crippen molar-refractivity contribution in [1.82, 2.24) is 20.4 Å². The zero-order valence-electron chi connectivity index (χ0n) is 15.4. The molecule has 1 aromatic rings. The summed E-state index contributed by atoms with van der Waals surface area (Å²) in [4.78, 5) is 39.6. The predicted molar refractivity (Wildman–Crippen MR) is 99.1 cm³/mol. The van der Waals surface area contributed by atoms with Crippen LogP contribution in [0.1, 0.15) is 12.8 Å². The first-order valence-corrected chi connectivity index (χ1v) is 9.34. The van der Waals surface area contributed by atoms with Crippen molar-refractivity contribution in [3.8, 4) is 5.75 Å². The summed E-state index contributed by atoms with van der Waals surface area (Å²) in [5.74, 6) is 0.219. The number of para-hydroxylation sites is 1. The maximum atomic E-state index is 12.2. The third-order valence-electron chi connectivity index (χ3n) is 4.58. The van der Waals surface area contributed by atoms with Gasteiger partial charge in [-0.05, 0) is 25.0 Å². The minimum absolute atomic E-state index is 0.0425. The number of piperazine rings is 1. The molecule has 8 heteroatoms. The Hall–Kier alpha value is -2.61. The number of nitrogens with one attached hydrogen (secondary N) is 2. The van der Waals surface area contributed by atoms with Crippen LogP contribution in [-0.2, 0) is 14.4 Å². The maximum Gasteiger partial charge on any atom is 0.258 e. The topological polar surface area (TPSA) is 91.0 Å². The van der Waals surface area contributed by atoms with Crippen molar-refractivity contribution in [2.45, 2.75) is 18.9 Å². The molecule has 0 aromatic heterocycles. The normalized spacial score (nSPS) is 17.3. The number of carbonyl (C=O) groups excluding carboxylic acids is 3. The van der Waals surface area contributed by atoms with Crippen molar-refractivity contribution in [3.05, 3.63) is 30.3 Å². The number of amides is 3. The summed E-state index contributed by atoms with van der Waals surface area (Å²) < 4.78 is 5.35. The number of hydrogen-bond donors (Lipinski definition) is 2. The van der Waals surface area contributed by atoms with E-state index in [1.807, 2.05) is 23.1 Å². The second-order valence-corrected chi connectivity index (χ2v) is 6.88. The molecule has 2 fully saturated rings. The monoisotopic (exact) mass is 374 g/mol. The van der Waals surface area contributed by atoms with Gasteiger partial charge in [0.15, 0.2) is 6.61 Å². The molecule has 27 heavy (non-hydrogen) atoms. The van der Waals surface area contributed by atoms with Crippen molar-refractivity contribution >= 4 is 17.7 Å². The zero-order chi connectivity index (χ0) is 19.1. The lowest BCUT2D eigenvalue weighted by molar-refractivity contribution is -0.135. The summed E-state index contributed by atoms with van der Waals surface area (Å²) in [5.41, 5.74) is 0. The van der Waals surface area contributed by atoms with Gasteiger partial charge < -0.3 is 20.3 Å². The van der Waals surface area contributed by atoms with Gasteiger partial charge >= 0.3 is 0 Å². The Morgan fingerprint density at radius 2 is 1.70 bits per heavy atom. The molecular formula is C19H26N4O4. The summed E-state index contributed by atoms with van der Waals surface area (Å²) in [6, 6.07) is 9.42. The van der Waals surface area contributed by atoms with Crippen LogP contribution in [0.15, 0.2) is 30.3 Å². The first-order valence-electron chi connectivity index (χ1n) is 9.34. The number of rotatable bonds is 8. The molecule has 0 radical (unpaired) electrons. The molecule has 3 amide bonds. The Balaban J connectivity index is 1.29. The van der Waals surface area contributed by atoms with Gasteiger partial charge in [-0.2, -0.15) is 0 Å². The van der Waals surface area contributed by atoms with Crippen LogP contribution in [0.4, 0.5) is 0 Å². The summed E-state index contributed by atoms with van der Waals surface area (Å²) in [7, 11) is 0. The van der Waals surface area contributed by atoms with Gasteiger partial charge in [-0.3, -0.25) is 19.3 Å². The minimum Gasteiger partial charge on any atom is -0.484 e. The molecule has 0 spiro atoms. The lowest BCUT2D eigenvalue weighted by atomic mass is 10.3. The Kier molecular flexibility index (Phi) is 6.64. The molecule has 1 saturated heterocycles. The third kappa shape index (κ3) is 6.56. The van der Waals surface area contributed by atoms with Gasteiger partial charge in [0.1, 0.15) is 5.75 Å². The van der Waals surface area contributed by atoms with Crippen molar-refractivity contribution in [2.75, 3.05) is 45.9 Å². The molecule has 2 N–H and O–H groups in total. The van der Waals surface area contributed by atoms with E-state index in [1.165, 1.54) is 0 Å². The van der Waals surface area contributed by atoms with E-state index < -0.39 is 0 Å². The molecule has 3 rings (SSSR count). The van der Waals surface area contributed by atoms with Gasteiger partial charge in [0.2, 0.25) is 11.8 Å². The van der Waals surface area contributed by atoms with Crippen LogP contribution in [0, 0.1) is 0 Å². The van der Waals surface area contributed by atoms with E-state index in [0.29, 0.717) is 44.5 Å². The summed E-state index contributed by atoms with van der Waals surface area (Å²) >= 11 is 0. The van der Waals surface area contributed by atoms with Crippen molar-refractivity contribution in [1.29, 1.82) is 0 Å². The minimum atomic E-state index is -0.331. The Labute approximate surface area is 158 Å². The fourth-order valence-electron chi connectivity index (χ4n) is 2.86. The maximum absolute atomic E-state index is 12.2. The first-order chi connectivity index (χ1) is 13.1. The highest BCUT2D eigenvalue weighted by molar-refractivity contribution is 5.85. The van der Waals surface area contributed by atoms with Crippen LogP contribution in [0.3, 0.4) is 0 Å². The summed E-state index contributed by atoms with van der Waals surface area (Å²) in [6.07, 6.45) is 2.16. The predicted octanol–water partition coefficient (Wildman–Crippen LogP) is -0.396. The quantitative estimate of drug-likeness (QED) is 0.646. The van der Waals surface area contributed by atoms with E-state index >= 15 is 0 Å². The molecule has 2 aliphatic rings. The molecule has 0 unspecified atom stereocenters. The van der Waals surface area contributed by atoms with Gasteiger partial charge in [0.05, 0.1) is 13.1 Å². The number of hydrogen-bond acceptors (Lipinski definition) is 5. The van der Waals surface area contributed by atoms with Crippen molar-refractivity contribution < 1.29 is 19.1 Å². The van der Waals surface area contributed by atoms with Gasteiger partial charge in [-0.1, -0.05) is 18.2 Å². The van der Waals surface area contributed by atoms with Crippen LogP contribution < -0.4 is 15.4 Å². The van der Waals surface area contributed by atoms with Gasteiger partial charge in [0, 0.05) is 32.2 Å². The second-order valence-electron chi connectivity index (χ2n) is 6.88. The number of ether oxygens (including phenoxy) is 1. The SMILES string of the molecule is O=C(COc1ccccc1)NCC(=O)N1CCN(CC(=O)NC2CC2)CC1. The third-order valence-corrected chi connectivity index (χ3v) is 4.58. The van der Waals surface area contributed by atoms with Crippen molar-refractivity contribution in [3.63, 3.8) is 0 Å². The fraction of sp³-hybridized carbons (Fsp3) is 0.526. The lowest BCUT2D eigenvalue weighted by Crippen LogP contribution is -2.53. The molecule has 0 atom stereocenters. The van der Waals surface area contributed by atoms with E-state index in [1.54, 1.807) is 17.0 Å². The fourth-order valence-corrected chi connectivity index (χ4v) is 2.86. The highest BCUT2D eigenvalue weighted by Crippen LogP contribution is 2.18. The molecular weight excluding hydrogens is 348 g/mol. The summed E-state index contributed by atoms with van der Waals surface area (Å²) in [5, 5.41) is 5.56. The molecule has 1 aliphatic carbocycles. The molecule has 1 saturated carbocycles. The van der Waals surface area contributed by atoms with Crippen LogP contribution in [0.25, 0.3) is 0 Å². The summed E-state index contributed by atoms with van der Waals surface area (Å²) in [6.45, 7) is 2.66. The smallest absolute Gasteiger partial charge is 0.258 e. The zero-order valence-corrected chi connectivity index (χ0v) is 15.4. The van der Waals surface area contributed by atoms with Gasteiger partial charge in [0.25, 0.3) is 5.91 Å². The molecule has 1 aromatic carbocycles. The van der Waals surface area contributed by atoms with Gasteiger partial charge in [-0.25, -0.2) is 0 Å². The second kappa shape index (κ2) is 9.36. The van der Waals surface area contributed by atoms with E-state index in [9.17, 15) is 14.4 Å². The Morgan fingerprint density at radius 3 is 2.37 bits per heavy atom. The number of carbonyl (C=O) groups is 3. The van der Waals surface area contributed by atoms with Crippen LogP contribution in [0.5, 0.6) is 5.75 Å². The molecule has 1 heterocycles. The van der Waals surface area contributed by atoms with E-state index in [4.69, 9.17) is 4.74 Å². The highest BCUT2D eigenvalue weighted by atomic mass is 16.5. The number of nitrogens with zero attached hydrogens (tertiary/aromatic N) is 2. The van der Waals surface area contributed by atoms with Crippen LogP contribution in [-0.4, -0.2) is 79.4 Å². The average Bonchev–Trinajstić information content (AvgIpc) is 3.49. The van der Waals surface area contributed by atoms with E-state index in [-0.39, 0.29) is 30.9 Å². The largest absolute Gasteiger partial charge is 0.484 e. The van der Waals surface area contributed by atoms with Crippen molar-refractivity contribution in [2.24, 2.45) is 0 Å². The van der Waals surface area contributed by atoms with Crippen LogP contribution in [0.2, 0.25) is 0 Å². The first kappa shape index (κ1) is 19.2. The highest BCUT2D eigenvalue weighted by Gasteiger charge is 2.26. The molecule has 0 bridgehead atoms. The Morgan fingerprint density at radius 1 is 1.00 bits per heavy atom. The molecule has 1 aliphatic heterocycles. The van der Waals surface area contributed by atoms with Crippen LogP contribution >= 0.6 is 0 Å². The van der Waals surface area contributed by atoms with E-state index in [0.717, 1.165) is 12.8 Å². The Bertz CT molecular complexity index is 655. The standard InChI is InChI=1S/C19H26N4O4/c24-17(21-15-6-7-15)13-22-8-10-23(11-9-22)19(26)12-20-18(25)14-27-16-4-2-1-3-5-16/h1-5,15H,6-14H2,(H,20,25)(H,21,24). The lowest BCUT2D eigenvalue weighted by Gasteiger charge is -2.34.